The lowest BCUT2D eigenvalue weighted by atomic mass is 10.3. The monoisotopic (exact) mass is 207 g/mol. The van der Waals surface area contributed by atoms with Crippen molar-refractivity contribution in [1.82, 2.24) is 25.4 Å². The molecule has 0 aliphatic rings. The van der Waals surface area contributed by atoms with Crippen LogP contribution in [0.1, 0.15) is 5.69 Å². The van der Waals surface area contributed by atoms with E-state index in [2.05, 4.69) is 25.4 Å². The molecule has 0 spiro atoms. The molecule has 0 bridgehead atoms. The largest absolute Gasteiger partial charge is 0.490 e. The lowest BCUT2D eigenvalue weighted by molar-refractivity contribution is 0.402. The molecular formula is C8H9N5O2. The van der Waals surface area contributed by atoms with Gasteiger partial charge in [-0.1, -0.05) is 0 Å². The van der Waals surface area contributed by atoms with Crippen LogP contribution >= 0.6 is 0 Å². The Bertz CT molecular complexity index is 516. The highest BCUT2D eigenvalue weighted by molar-refractivity contribution is 5.47. The normalized spacial score (nSPS) is 10.3. The fraction of sp³-hybridized carbons (Fsp3) is 0.250. The molecule has 0 radical (unpaired) electrons. The van der Waals surface area contributed by atoms with Crippen molar-refractivity contribution in [2.75, 3.05) is 7.11 Å². The predicted molar refractivity (Wildman–Crippen MR) is 51.5 cm³/mol. The minimum atomic E-state index is -0.331. The van der Waals surface area contributed by atoms with Crippen molar-refractivity contribution < 1.29 is 4.74 Å². The molecule has 0 aliphatic carbocycles. The molecule has 0 unspecified atom stereocenters. The third-order valence-electron chi connectivity index (χ3n) is 1.91. The topological polar surface area (TPSA) is 96.6 Å². The van der Waals surface area contributed by atoms with Gasteiger partial charge in [-0.3, -0.25) is 4.79 Å². The van der Waals surface area contributed by atoms with E-state index in [9.17, 15) is 4.79 Å². The number of nitrogens with one attached hydrogen (secondary N) is 2. The molecule has 78 valence electrons. The summed E-state index contributed by atoms with van der Waals surface area (Å²) < 4.78 is 4.90. The fourth-order valence-corrected chi connectivity index (χ4v) is 1.25. The summed E-state index contributed by atoms with van der Waals surface area (Å²) >= 11 is 0. The molecule has 0 atom stereocenters. The van der Waals surface area contributed by atoms with Crippen LogP contribution in [-0.4, -0.2) is 32.5 Å². The quantitative estimate of drug-likeness (QED) is 0.715. The van der Waals surface area contributed by atoms with E-state index < -0.39 is 0 Å². The third kappa shape index (κ3) is 1.58. The van der Waals surface area contributed by atoms with E-state index in [1.807, 2.05) is 0 Å². The van der Waals surface area contributed by atoms with Gasteiger partial charge in [0, 0.05) is 0 Å². The standard InChI is InChI=1S/C8H9N5O2/c1-4-6(15-2)8(14)11-7(10-4)5-3-9-13-12-5/h3H,1-2H3,(H,9,12,13)(H,10,11,14). The summed E-state index contributed by atoms with van der Waals surface area (Å²) in [4.78, 5) is 18.2. The Hall–Kier alpha value is -2.18. The van der Waals surface area contributed by atoms with Gasteiger partial charge in [-0.2, -0.15) is 15.4 Å². The van der Waals surface area contributed by atoms with Crippen LogP contribution in [-0.2, 0) is 0 Å². The van der Waals surface area contributed by atoms with Crippen LogP contribution in [0.25, 0.3) is 11.5 Å². The molecule has 0 aliphatic heterocycles. The smallest absolute Gasteiger partial charge is 0.293 e. The zero-order valence-electron chi connectivity index (χ0n) is 8.24. The van der Waals surface area contributed by atoms with Crippen LogP contribution in [0, 0.1) is 6.92 Å². The van der Waals surface area contributed by atoms with Crippen molar-refractivity contribution in [3.05, 3.63) is 22.2 Å². The highest BCUT2D eigenvalue weighted by Crippen LogP contribution is 2.12. The first-order valence-electron chi connectivity index (χ1n) is 4.23. The minimum absolute atomic E-state index is 0.210. The zero-order chi connectivity index (χ0) is 10.8. The van der Waals surface area contributed by atoms with Crippen LogP contribution in [0.3, 0.4) is 0 Å². The number of hydrogen-bond acceptors (Lipinski definition) is 5. The van der Waals surface area contributed by atoms with Gasteiger partial charge in [0.1, 0.15) is 5.69 Å². The SMILES string of the molecule is COc1c(C)nc(-c2cn[nH]n2)[nH]c1=O. The summed E-state index contributed by atoms with van der Waals surface area (Å²) in [6.07, 6.45) is 1.48. The number of aryl methyl sites for hydroxylation is 1. The first-order chi connectivity index (χ1) is 7.22. The minimum Gasteiger partial charge on any atom is -0.490 e. The second-order valence-electron chi connectivity index (χ2n) is 2.89. The van der Waals surface area contributed by atoms with Crippen molar-refractivity contribution in [3.8, 4) is 17.3 Å². The van der Waals surface area contributed by atoms with E-state index in [-0.39, 0.29) is 11.3 Å². The summed E-state index contributed by atoms with van der Waals surface area (Å²) in [5.74, 6) is 0.578. The Morgan fingerprint density at radius 2 is 2.27 bits per heavy atom. The molecule has 15 heavy (non-hydrogen) atoms. The summed E-state index contributed by atoms with van der Waals surface area (Å²) in [5, 5.41) is 9.89. The van der Waals surface area contributed by atoms with Gasteiger partial charge in [-0.15, -0.1) is 0 Å². The summed E-state index contributed by atoms with van der Waals surface area (Å²) in [6, 6.07) is 0. The number of methoxy groups -OCH3 is 1. The van der Waals surface area contributed by atoms with Crippen LogP contribution in [0.15, 0.2) is 11.0 Å². The van der Waals surface area contributed by atoms with E-state index in [1.54, 1.807) is 6.92 Å². The van der Waals surface area contributed by atoms with E-state index >= 15 is 0 Å². The summed E-state index contributed by atoms with van der Waals surface area (Å²) in [7, 11) is 1.43. The Labute approximate surface area is 84.5 Å². The lowest BCUT2D eigenvalue weighted by Crippen LogP contribution is -2.14. The molecule has 0 aromatic carbocycles. The number of aromatic nitrogens is 5. The molecule has 2 aromatic heterocycles. The van der Waals surface area contributed by atoms with Gasteiger partial charge in [0.15, 0.2) is 5.82 Å². The van der Waals surface area contributed by atoms with Crippen molar-refractivity contribution in [2.24, 2.45) is 0 Å². The Kier molecular flexibility index (Phi) is 2.20. The highest BCUT2D eigenvalue weighted by Gasteiger charge is 2.10. The van der Waals surface area contributed by atoms with E-state index in [0.29, 0.717) is 17.2 Å². The van der Waals surface area contributed by atoms with Crippen LogP contribution in [0.2, 0.25) is 0 Å². The fourth-order valence-electron chi connectivity index (χ4n) is 1.25. The number of aromatic amines is 2. The maximum Gasteiger partial charge on any atom is 0.293 e. The van der Waals surface area contributed by atoms with Gasteiger partial charge in [-0.25, -0.2) is 4.98 Å². The van der Waals surface area contributed by atoms with Crippen LogP contribution in [0.4, 0.5) is 0 Å². The van der Waals surface area contributed by atoms with Crippen LogP contribution in [0.5, 0.6) is 5.75 Å². The van der Waals surface area contributed by atoms with Gasteiger partial charge in [0.2, 0.25) is 5.75 Å². The number of rotatable bonds is 2. The highest BCUT2D eigenvalue weighted by atomic mass is 16.5. The van der Waals surface area contributed by atoms with Gasteiger partial charge >= 0.3 is 0 Å². The number of hydrogen-bond donors (Lipinski definition) is 2. The van der Waals surface area contributed by atoms with Crippen molar-refractivity contribution in [1.29, 1.82) is 0 Å². The first kappa shape index (κ1) is 9.38. The molecule has 0 saturated carbocycles. The number of ether oxygens (including phenoxy) is 1. The molecule has 2 aromatic rings. The molecule has 0 saturated heterocycles. The van der Waals surface area contributed by atoms with Gasteiger partial charge in [0.25, 0.3) is 5.56 Å². The van der Waals surface area contributed by atoms with E-state index in [0.717, 1.165) is 0 Å². The molecule has 2 rings (SSSR count). The molecule has 2 heterocycles. The third-order valence-corrected chi connectivity index (χ3v) is 1.91. The molecule has 2 N–H and O–H groups in total. The summed E-state index contributed by atoms with van der Waals surface area (Å²) in [6.45, 7) is 1.69. The maximum absolute atomic E-state index is 11.5. The van der Waals surface area contributed by atoms with Gasteiger partial charge < -0.3 is 9.72 Å². The second kappa shape index (κ2) is 3.52. The molecule has 7 nitrogen and oxygen atoms in total. The molecule has 0 fully saturated rings. The van der Waals surface area contributed by atoms with E-state index in [4.69, 9.17) is 4.74 Å². The Morgan fingerprint density at radius 1 is 1.47 bits per heavy atom. The number of H-pyrrole nitrogens is 2. The predicted octanol–water partition coefficient (Wildman–Crippen LogP) is -0.128. The maximum atomic E-state index is 11.5. The first-order valence-corrected chi connectivity index (χ1v) is 4.23. The average molecular weight is 207 g/mol. The Balaban J connectivity index is 2.58. The second-order valence-corrected chi connectivity index (χ2v) is 2.89. The van der Waals surface area contributed by atoms with Crippen molar-refractivity contribution in [2.45, 2.75) is 6.92 Å². The van der Waals surface area contributed by atoms with Crippen molar-refractivity contribution >= 4 is 0 Å². The van der Waals surface area contributed by atoms with Crippen molar-refractivity contribution in [3.63, 3.8) is 0 Å². The van der Waals surface area contributed by atoms with Gasteiger partial charge in [0.05, 0.1) is 19.0 Å². The zero-order valence-corrected chi connectivity index (χ0v) is 8.24. The molecule has 7 heteroatoms. The Morgan fingerprint density at radius 3 is 2.80 bits per heavy atom. The molecule has 0 amide bonds. The van der Waals surface area contributed by atoms with Crippen LogP contribution < -0.4 is 10.3 Å². The van der Waals surface area contributed by atoms with E-state index in [1.165, 1.54) is 13.3 Å². The molecular weight excluding hydrogens is 198 g/mol. The number of nitrogens with zero attached hydrogens (tertiary/aromatic N) is 3. The lowest BCUT2D eigenvalue weighted by Gasteiger charge is -2.03. The summed E-state index contributed by atoms with van der Waals surface area (Å²) in [5.41, 5.74) is 0.667. The van der Waals surface area contributed by atoms with Gasteiger partial charge in [-0.05, 0) is 6.92 Å². The average Bonchev–Trinajstić information content (AvgIpc) is 2.69.